The highest BCUT2D eigenvalue weighted by Crippen LogP contribution is 2.16. The molecule has 1 fully saturated rings. The van der Waals surface area contributed by atoms with Crippen LogP contribution in [0.1, 0.15) is 27.2 Å². The first kappa shape index (κ1) is 18.2. The number of likely N-dealkylation sites (N-methyl/N-ethyl adjacent to an activating group) is 1. The minimum atomic E-state index is -0.134. The SMILES string of the molecule is CCC(C(=O)Nc1ccc(N2CCNC(=O)C2)nc1)N(CC)CC. The average molecular weight is 333 g/mol. The Kier molecular flexibility index (Phi) is 6.54. The van der Waals surface area contributed by atoms with Crippen LogP contribution < -0.4 is 15.5 Å². The summed E-state index contributed by atoms with van der Waals surface area (Å²) in [6, 6.07) is 3.54. The third kappa shape index (κ3) is 4.44. The van der Waals surface area contributed by atoms with E-state index in [4.69, 9.17) is 0 Å². The van der Waals surface area contributed by atoms with Gasteiger partial charge >= 0.3 is 0 Å². The highest BCUT2D eigenvalue weighted by molar-refractivity contribution is 5.94. The second kappa shape index (κ2) is 8.63. The molecular formula is C17H27N5O2. The molecule has 0 aliphatic carbocycles. The summed E-state index contributed by atoms with van der Waals surface area (Å²) in [5.74, 6) is 0.747. The zero-order valence-corrected chi connectivity index (χ0v) is 14.7. The fourth-order valence-corrected chi connectivity index (χ4v) is 2.98. The maximum atomic E-state index is 12.5. The third-order valence-electron chi connectivity index (χ3n) is 4.32. The van der Waals surface area contributed by atoms with Gasteiger partial charge in [-0.2, -0.15) is 0 Å². The van der Waals surface area contributed by atoms with Gasteiger partial charge in [0.2, 0.25) is 11.8 Å². The number of aromatic nitrogens is 1. The number of amides is 2. The molecule has 2 amide bonds. The maximum Gasteiger partial charge on any atom is 0.241 e. The molecule has 24 heavy (non-hydrogen) atoms. The number of nitrogens with zero attached hydrogens (tertiary/aromatic N) is 3. The zero-order valence-electron chi connectivity index (χ0n) is 14.7. The van der Waals surface area contributed by atoms with E-state index in [2.05, 4.69) is 34.4 Å². The van der Waals surface area contributed by atoms with Crippen LogP contribution in [0.4, 0.5) is 11.5 Å². The number of hydrogen-bond acceptors (Lipinski definition) is 5. The van der Waals surface area contributed by atoms with Crippen molar-refractivity contribution in [3.63, 3.8) is 0 Å². The van der Waals surface area contributed by atoms with Crippen molar-refractivity contribution >= 4 is 23.3 Å². The Morgan fingerprint density at radius 1 is 1.38 bits per heavy atom. The van der Waals surface area contributed by atoms with Gasteiger partial charge in [0.05, 0.1) is 24.5 Å². The number of rotatable bonds is 7. The predicted molar refractivity (Wildman–Crippen MR) is 95.1 cm³/mol. The monoisotopic (exact) mass is 333 g/mol. The molecule has 1 aliphatic rings. The maximum absolute atomic E-state index is 12.5. The summed E-state index contributed by atoms with van der Waals surface area (Å²) in [6.45, 7) is 9.51. The summed E-state index contributed by atoms with van der Waals surface area (Å²) in [5.41, 5.74) is 0.677. The highest BCUT2D eigenvalue weighted by atomic mass is 16.2. The molecule has 0 aromatic carbocycles. The Hall–Kier alpha value is -2.15. The number of carbonyl (C=O) groups excluding carboxylic acids is 2. The molecule has 2 rings (SSSR count). The fraction of sp³-hybridized carbons (Fsp3) is 0.588. The summed E-state index contributed by atoms with van der Waals surface area (Å²) >= 11 is 0. The van der Waals surface area contributed by atoms with Crippen molar-refractivity contribution in [3.05, 3.63) is 18.3 Å². The van der Waals surface area contributed by atoms with Crippen LogP contribution >= 0.6 is 0 Å². The van der Waals surface area contributed by atoms with Crippen LogP contribution in [0.3, 0.4) is 0 Å². The molecule has 1 unspecified atom stereocenters. The Balaban J connectivity index is 2.00. The van der Waals surface area contributed by atoms with E-state index in [1.807, 2.05) is 24.0 Å². The van der Waals surface area contributed by atoms with Crippen molar-refractivity contribution in [2.75, 3.05) is 42.9 Å². The van der Waals surface area contributed by atoms with E-state index in [9.17, 15) is 9.59 Å². The molecule has 0 radical (unpaired) electrons. The molecule has 0 bridgehead atoms. The Morgan fingerprint density at radius 2 is 2.12 bits per heavy atom. The first-order chi connectivity index (χ1) is 11.6. The normalized spacial score (nSPS) is 16.0. The van der Waals surface area contributed by atoms with Gasteiger partial charge in [0, 0.05) is 13.1 Å². The van der Waals surface area contributed by atoms with Gasteiger partial charge < -0.3 is 15.5 Å². The van der Waals surface area contributed by atoms with Crippen molar-refractivity contribution < 1.29 is 9.59 Å². The molecule has 1 aromatic rings. The van der Waals surface area contributed by atoms with Crippen LogP contribution in [0.25, 0.3) is 0 Å². The summed E-state index contributed by atoms with van der Waals surface area (Å²) in [5, 5.41) is 5.73. The van der Waals surface area contributed by atoms with E-state index in [-0.39, 0.29) is 17.9 Å². The quantitative estimate of drug-likeness (QED) is 0.781. The topological polar surface area (TPSA) is 77.6 Å². The molecule has 1 aliphatic heterocycles. The second-order valence-electron chi connectivity index (χ2n) is 5.81. The number of anilines is 2. The molecule has 7 nitrogen and oxygen atoms in total. The van der Waals surface area contributed by atoms with Gasteiger partial charge in [0.25, 0.3) is 0 Å². The molecule has 1 atom stereocenters. The van der Waals surface area contributed by atoms with Crippen LogP contribution in [0.5, 0.6) is 0 Å². The van der Waals surface area contributed by atoms with Crippen LogP contribution in [0, 0.1) is 0 Å². The zero-order chi connectivity index (χ0) is 17.5. The van der Waals surface area contributed by atoms with Crippen molar-refractivity contribution in [2.24, 2.45) is 0 Å². The predicted octanol–water partition coefficient (Wildman–Crippen LogP) is 1.08. The van der Waals surface area contributed by atoms with Crippen molar-refractivity contribution in [2.45, 2.75) is 33.2 Å². The first-order valence-corrected chi connectivity index (χ1v) is 8.61. The van der Waals surface area contributed by atoms with E-state index < -0.39 is 0 Å². The van der Waals surface area contributed by atoms with E-state index in [1.165, 1.54) is 0 Å². The van der Waals surface area contributed by atoms with Crippen LogP contribution in [-0.4, -0.2) is 60.5 Å². The number of pyridine rings is 1. The van der Waals surface area contributed by atoms with Gasteiger partial charge in [-0.3, -0.25) is 14.5 Å². The smallest absolute Gasteiger partial charge is 0.241 e. The van der Waals surface area contributed by atoms with Crippen molar-refractivity contribution in [3.8, 4) is 0 Å². The minimum absolute atomic E-state index is 0.00504. The van der Waals surface area contributed by atoms with Crippen molar-refractivity contribution in [1.82, 2.24) is 15.2 Å². The summed E-state index contributed by atoms with van der Waals surface area (Å²) in [7, 11) is 0. The van der Waals surface area contributed by atoms with E-state index >= 15 is 0 Å². The lowest BCUT2D eigenvalue weighted by molar-refractivity contribution is -0.121. The molecule has 1 aromatic heterocycles. The van der Waals surface area contributed by atoms with Gasteiger partial charge in [-0.1, -0.05) is 20.8 Å². The lowest BCUT2D eigenvalue weighted by Gasteiger charge is -2.28. The van der Waals surface area contributed by atoms with Crippen LogP contribution in [-0.2, 0) is 9.59 Å². The van der Waals surface area contributed by atoms with Gasteiger partial charge in [-0.25, -0.2) is 4.98 Å². The summed E-state index contributed by atoms with van der Waals surface area (Å²) in [6.07, 6.45) is 2.41. The molecule has 132 valence electrons. The first-order valence-electron chi connectivity index (χ1n) is 8.61. The van der Waals surface area contributed by atoms with Gasteiger partial charge in [-0.15, -0.1) is 0 Å². The van der Waals surface area contributed by atoms with E-state index in [1.54, 1.807) is 6.20 Å². The number of hydrogen-bond donors (Lipinski definition) is 2. The molecule has 2 heterocycles. The molecule has 2 N–H and O–H groups in total. The van der Waals surface area contributed by atoms with E-state index in [0.717, 1.165) is 31.9 Å². The standard InChI is InChI=1S/C17H27N5O2/c1-4-14(21(5-2)6-3)17(24)20-13-7-8-15(19-11-13)22-10-9-18-16(23)12-22/h7-8,11,14H,4-6,9-10,12H2,1-3H3,(H,18,23)(H,20,24). The lowest BCUT2D eigenvalue weighted by Crippen LogP contribution is -2.48. The van der Waals surface area contributed by atoms with Gasteiger partial charge in [-0.05, 0) is 31.6 Å². The molecular weight excluding hydrogens is 306 g/mol. The Labute approximate surface area is 143 Å². The van der Waals surface area contributed by atoms with Crippen LogP contribution in [0.2, 0.25) is 0 Å². The number of nitrogens with one attached hydrogen (secondary N) is 2. The molecule has 0 saturated carbocycles. The van der Waals surface area contributed by atoms with Gasteiger partial charge in [0.15, 0.2) is 0 Å². The van der Waals surface area contributed by atoms with Crippen molar-refractivity contribution in [1.29, 1.82) is 0 Å². The van der Waals surface area contributed by atoms with Crippen LogP contribution in [0.15, 0.2) is 18.3 Å². The molecule has 1 saturated heterocycles. The van der Waals surface area contributed by atoms with Gasteiger partial charge in [0.1, 0.15) is 5.82 Å². The average Bonchev–Trinajstić information content (AvgIpc) is 2.60. The summed E-state index contributed by atoms with van der Waals surface area (Å²) in [4.78, 5) is 32.4. The fourth-order valence-electron chi connectivity index (χ4n) is 2.98. The minimum Gasteiger partial charge on any atom is -0.353 e. The lowest BCUT2D eigenvalue weighted by atomic mass is 10.1. The highest BCUT2D eigenvalue weighted by Gasteiger charge is 2.22. The van der Waals surface area contributed by atoms with E-state index in [0.29, 0.717) is 18.8 Å². The number of carbonyl (C=O) groups is 2. The Morgan fingerprint density at radius 3 is 2.67 bits per heavy atom. The number of piperazine rings is 1. The molecule has 7 heteroatoms. The largest absolute Gasteiger partial charge is 0.353 e. The second-order valence-corrected chi connectivity index (χ2v) is 5.81. The summed E-state index contributed by atoms with van der Waals surface area (Å²) < 4.78 is 0. The molecule has 0 spiro atoms. The Bertz CT molecular complexity index is 557. The third-order valence-corrected chi connectivity index (χ3v) is 4.32.